The van der Waals surface area contributed by atoms with Gasteiger partial charge in [0, 0.05) is 0 Å². The largest absolute Gasteiger partial charge is 0.462 e. The molecule has 3 nitrogen and oxygen atoms in total. The van der Waals surface area contributed by atoms with Gasteiger partial charge < -0.3 is 9.47 Å². The van der Waals surface area contributed by atoms with Gasteiger partial charge in [0.15, 0.2) is 0 Å². The minimum absolute atomic E-state index is 0.275. The third kappa shape index (κ3) is 2.96. The zero-order chi connectivity index (χ0) is 11.4. The molecule has 0 spiro atoms. The molecular formula is C11H10O3S2. The Balaban J connectivity index is 1.82. The Kier molecular flexibility index (Phi) is 3.79. The molecule has 1 saturated heterocycles. The van der Waals surface area contributed by atoms with Crippen LogP contribution in [-0.2, 0) is 20.9 Å². The third-order valence-electron chi connectivity index (χ3n) is 2.08. The molecule has 0 aliphatic carbocycles. The number of esters is 1. The molecule has 0 amide bonds. The summed E-state index contributed by atoms with van der Waals surface area (Å²) in [5, 5.41) is 0. The molecule has 5 heteroatoms. The molecule has 1 heterocycles. The third-order valence-corrected chi connectivity index (χ3v) is 3.33. The summed E-state index contributed by atoms with van der Waals surface area (Å²) in [6, 6.07) is 9.53. The van der Waals surface area contributed by atoms with Crippen molar-refractivity contribution < 1.29 is 14.3 Å². The van der Waals surface area contributed by atoms with E-state index in [1.54, 1.807) is 0 Å². The van der Waals surface area contributed by atoms with Gasteiger partial charge in [-0.2, -0.15) is 0 Å². The van der Waals surface area contributed by atoms with Crippen LogP contribution in [0.4, 0.5) is 0 Å². The van der Waals surface area contributed by atoms with Gasteiger partial charge in [0.1, 0.15) is 6.61 Å². The van der Waals surface area contributed by atoms with Crippen LogP contribution in [0.2, 0.25) is 0 Å². The van der Waals surface area contributed by atoms with Crippen LogP contribution in [0, 0.1) is 0 Å². The minimum Gasteiger partial charge on any atom is -0.462 e. The fourth-order valence-electron chi connectivity index (χ4n) is 1.27. The van der Waals surface area contributed by atoms with Gasteiger partial charge in [-0.25, -0.2) is 4.79 Å². The fraction of sp³-hybridized carbons (Fsp3) is 0.273. The lowest BCUT2D eigenvalue weighted by molar-refractivity contribution is -0.152. The van der Waals surface area contributed by atoms with Crippen molar-refractivity contribution >= 4 is 34.3 Å². The smallest absolute Gasteiger partial charge is 0.348 e. The second-order valence-electron chi connectivity index (χ2n) is 3.26. The van der Waals surface area contributed by atoms with Crippen molar-refractivity contribution in [1.29, 1.82) is 0 Å². The number of carbonyl (C=O) groups excluding carboxylic acids is 1. The molecule has 84 valence electrons. The summed E-state index contributed by atoms with van der Waals surface area (Å²) < 4.78 is 10.7. The van der Waals surface area contributed by atoms with E-state index in [4.69, 9.17) is 21.7 Å². The highest BCUT2D eigenvalue weighted by molar-refractivity contribution is 8.22. The Hall–Kier alpha value is -1.07. The van der Waals surface area contributed by atoms with E-state index in [1.807, 2.05) is 30.3 Å². The first-order valence-corrected chi connectivity index (χ1v) is 6.19. The average molecular weight is 254 g/mol. The van der Waals surface area contributed by atoms with Gasteiger partial charge in [-0.3, -0.25) is 0 Å². The van der Waals surface area contributed by atoms with Crippen LogP contribution in [0.25, 0.3) is 0 Å². The number of hydrogen-bond donors (Lipinski definition) is 0. The normalized spacial score (nSPS) is 19.2. The van der Waals surface area contributed by atoms with Crippen molar-refractivity contribution in [2.24, 2.45) is 0 Å². The van der Waals surface area contributed by atoms with Gasteiger partial charge in [0.05, 0.1) is 5.75 Å². The maximum atomic E-state index is 11.5. The van der Waals surface area contributed by atoms with Gasteiger partial charge in [0.25, 0.3) is 0 Å². The molecule has 0 N–H and O–H groups in total. The topological polar surface area (TPSA) is 35.5 Å². The summed E-state index contributed by atoms with van der Waals surface area (Å²) >= 11 is 6.19. The molecule has 16 heavy (non-hydrogen) atoms. The maximum absolute atomic E-state index is 11.5. The van der Waals surface area contributed by atoms with E-state index in [0.29, 0.717) is 10.1 Å². The van der Waals surface area contributed by atoms with Gasteiger partial charge in [0.2, 0.25) is 10.5 Å². The van der Waals surface area contributed by atoms with Crippen molar-refractivity contribution in [1.82, 2.24) is 0 Å². The molecule has 1 aliphatic heterocycles. The second-order valence-corrected chi connectivity index (χ2v) is 4.88. The van der Waals surface area contributed by atoms with E-state index >= 15 is 0 Å². The molecular weight excluding hydrogens is 244 g/mol. The molecule has 2 rings (SSSR count). The van der Waals surface area contributed by atoms with Crippen LogP contribution in [0.5, 0.6) is 0 Å². The Labute approximate surface area is 103 Å². The van der Waals surface area contributed by atoms with Crippen LogP contribution < -0.4 is 0 Å². The number of thioether (sulfide) groups is 1. The molecule has 1 unspecified atom stereocenters. The Morgan fingerprint density at radius 2 is 2.25 bits per heavy atom. The number of ether oxygens (including phenoxy) is 2. The van der Waals surface area contributed by atoms with Crippen molar-refractivity contribution in [3.63, 3.8) is 0 Å². The summed E-state index contributed by atoms with van der Waals surface area (Å²) in [4.78, 5) is 11.5. The van der Waals surface area contributed by atoms with Crippen LogP contribution in [0.3, 0.4) is 0 Å². The van der Waals surface area contributed by atoms with Crippen molar-refractivity contribution in [3.05, 3.63) is 35.9 Å². The Morgan fingerprint density at radius 1 is 1.50 bits per heavy atom. The van der Waals surface area contributed by atoms with E-state index in [9.17, 15) is 4.79 Å². The van der Waals surface area contributed by atoms with E-state index < -0.39 is 6.10 Å². The van der Waals surface area contributed by atoms with E-state index in [-0.39, 0.29) is 12.6 Å². The lowest BCUT2D eigenvalue weighted by Crippen LogP contribution is -2.24. The van der Waals surface area contributed by atoms with Gasteiger partial charge in [-0.15, -0.1) is 0 Å². The molecule has 1 aromatic carbocycles. The van der Waals surface area contributed by atoms with Gasteiger partial charge in [-0.05, 0) is 17.8 Å². The van der Waals surface area contributed by atoms with Crippen LogP contribution in [-0.4, -0.2) is 22.2 Å². The zero-order valence-electron chi connectivity index (χ0n) is 8.42. The molecule has 0 bridgehead atoms. The Morgan fingerprint density at radius 3 is 2.88 bits per heavy atom. The van der Waals surface area contributed by atoms with Crippen LogP contribution in [0.1, 0.15) is 5.56 Å². The van der Waals surface area contributed by atoms with Gasteiger partial charge in [-0.1, -0.05) is 42.1 Å². The molecule has 1 aromatic rings. The molecule has 0 saturated carbocycles. The molecule has 1 atom stereocenters. The van der Waals surface area contributed by atoms with Crippen LogP contribution in [0.15, 0.2) is 30.3 Å². The summed E-state index contributed by atoms with van der Waals surface area (Å²) in [6.45, 7) is 0.275. The number of thiocarbonyl (C=S) groups is 1. The summed E-state index contributed by atoms with van der Waals surface area (Å²) in [5.41, 5.74) is 0.962. The van der Waals surface area contributed by atoms with Crippen molar-refractivity contribution in [3.8, 4) is 0 Å². The summed E-state index contributed by atoms with van der Waals surface area (Å²) in [5.74, 6) is 0.197. The lowest BCUT2D eigenvalue weighted by Gasteiger charge is -2.09. The highest BCUT2D eigenvalue weighted by Crippen LogP contribution is 2.21. The molecule has 1 fully saturated rings. The number of hydrogen-bond acceptors (Lipinski definition) is 5. The van der Waals surface area contributed by atoms with E-state index in [0.717, 1.165) is 5.56 Å². The molecule has 0 radical (unpaired) electrons. The van der Waals surface area contributed by atoms with Crippen molar-refractivity contribution in [2.75, 3.05) is 5.75 Å². The second kappa shape index (κ2) is 5.32. The monoisotopic (exact) mass is 254 g/mol. The fourth-order valence-corrected chi connectivity index (χ4v) is 2.26. The highest BCUT2D eigenvalue weighted by atomic mass is 32.2. The van der Waals surface area contributed by atoms with E-state index in [1.165, 1.54) is 11.8 Å². The average Bonchev–Trinajstić information content (AvgIpc) is 2.74. The predicted octanol–water partition coefficient (Wildman–Crippen LogP) is 2.15. The van der Waals surface area contributed by atoms with E-state index in [2.05, 4.69) is 0 Å². The quantitative estimate of drug-likeness (QED) is 0.610. The zero-order valence-corrected chi connectivity index (χ0v) is 10.1. The first kappa shape index (κ1) is 11.4. The lowest BCUT2D eigenvalue weighted by atomic mass is 10.2. The first-order valence-electron chi connectivity index (χ1n) is 4.79. The Bertz CT molecular complexity index is 391. The number of carbonyl (C=O) groups is 1. The SMILES string of the molecule is O=C(OCc1ccccc1)C1CSC(=S)O1. The predicted molar refractivity (Wildman–Crippen MR) is 66.2 cm³/mol. The molecule has 1 aliphatic rings. The summed E-state index contributed by atoms with van der Waals surface area (Å²) in [6.07, 6.45) is -0.541. The van der Waals surface area contributed by atoms with Crippen LogP contribution >= 0.6 is 24.0 Å². The minimum atomic E-state index is -0.541. The van der Waals surface area contributed by atoms with Crippen molar-refractivity contribution in [2.45, 2.75) is 12.7 Å². The highest BCUT2D eigenvalue weighted by Gasteiger charge is 2.29. The number of benzene rings is 1. The maximum Gasteiger partial charge on any atom is 0.348 e. The number of rotatable bonds is 3. The summed E-state index contributed by atoms with van der Waals surface area (Å²) in [7, 11) is 0. The molecule has 0 aromatic heterocycles. The first-order chi connectivity index (χ1) is 7.75. The standard InChI is InChI=1S/C11H10O3S2/c12-10(9-7-16-11(15)14-9)13-6-8-4-2-1-3-5-8/h1-5,9H,6-7H2. The van der Waals surface area contributed by atoms with Gasteiger partial charge >= 0.3 is 5.97 Å².